The van der Waals surface area contributed by atoms with Gasteiger partial charge in [0.2, 0.25) is 0 Å². The van der Waals surface area contributed by atoms with Gasteiger partial charge in [-0.1, -0.05) is 33.9 Å². The van der Waals surface area contributed by atoms with Gasteiger partial charge in [-0.3, -0.25) is 0 Å². The molecule has 1 N–H and O–H groups in total. The van der Waals surface area contributed by atoms with Crippen molar-refractivity contribution in [1.82, 2.24) is 0 Å². The second-order valence-corrected chi connectivity index (χ2v) is 11.8. The summed E-state index contributed by atoms with van der Waals surface area (Å²) in [5.74, 6) is 0. The Morgan fingerprint density at radius 2 is 1.93 bits per heavy atom. The van der Waals surface area contributed by atoms with Crippen LogP contribution in [0.15, 0.2) is 11.4 Å². The fourth-order valence-corrected chi connectivity index (χ4v) is 5.95. The average molecular weight is 228 g/mol. The second-order valence-electron chi connectivity index (χ2n) is 5.31. The fraction of sp³-hybridized carbons (Fsp3) is 0.636. The summed E-state index contributed by atoms with van der Waals surface area (Å²) in [5.41, 5.74) is 1.14. The number of thiophene rings is 1. The van der Waals surface area contributed by atoms with E-state index in [0.29, 0.717) is 5.04 Å². The van der Waals surface area contributed by atoms with Crippen molar-refractivity contribution in [2.75, 3.05) is 0 Å². The van der Waals surface area contributed by atoms with Crippen molar-refractivity contribution in [3.8, 4) is 0 Å². The fourth-order valence-electron chi connectivity index (χ4n) is 1.35. The molecule has 1 nitrogen and oxygen atoms in total. The van der Waals surface area contributed by atoms with Crippen LogP contribution in [0, 0.1) is 0 Å². The first kappa shape index (κ1) is 11.9. The van der Waals surface area contributed by atoms with Gasteiger partial charge in [-0.25, -0.2) is 0 Å². The molecule has 1 aromatic rings. The molecule has 0 radical (unpaired) electrons. The first-order valence-electron chi connectivity index (χ1n) is 4.98. The number of hydrogen-bond donors (Lipinski definition) is 1. The SMILES string of the molecule is CC(C)(C)[Si](C)(C)c1sccc1CO. The number of hydrogen-bond acceptors (Lipinski definition) is 2. The first-order chi connectivity index (χ1) is 6.30. The summed E-state index contributed by atoms with van der Waals surface area (Å²) in [5, 5.41) is 11.7. The highest BCUT2D eigenvalue weighted by Gasteiger charge is 2.39. The predicted octanol–water partition coefficient (Wildman–Crippen LogP) is 2.96. The van der Waals surface area contributed by atoms with Crippen LogP contribution >= 0.6 is 11.3 Å². The van der Waals surface area contributed by atoms with E-state index in [4.69, 9.17) is 0 Å². The summed E-state index contributed by atoms with van der Waals surface area (Å²) in [6.45, 7) is 11.9. The molecule has 1 rings (SSSR count). The van der Waals surface area contributed by atoms with Gasteiger partial charge in [-0.05, 0) is 26.5 Å². The molecule has 0 bridgehead atoms. The average Bonchev–Trinajstić information content (AvgIpc) is 2.49. The summed E-state index contributed by atoms with van der Waals surface area (Å²) >= 11 is 1.81. The zero-order valence-corrected chi connectivity index (χ0v) is 11.5. The van der Waals surface area contributed by atoms with Crippen LogP contribution in [-0.4, -0.2) is 13.2 Å². The molecule has 0 aliphatic rings. The molecule has 3 heteroatoms. The van der Waals surface area contributed by atoms with Crippen LogP contribution in [0.2, 0.25) is 18.1 Å². The van der Waals surface area contributed by atoms with Crippen molar-refractivity contribution in [2.45, 2.75) is 45.5 Å². The van der Waals surface area contributed by atoms with Crippen LogP contribution in [0.3, 0.4) is 0 Å². The highest BCUT2D eigenvalue weighted by atomic mass is 32.1. The smallest absolute Gasteiger partial charge is 0.0992 e. The van der Waals surface area contributed by atoms with E-state index >= 15 is 0 Å². The van der Waals surface area contributed by atoms with E-state index in [2.05, 4.69) is 45.3 Å². The van der Waals surface area contributed by atoms with E-state index in [1.165, 1.54) is 4.50 Å². The van der Waals surface area contributed by atoms with Gasteiger partial charge in [0.25, 0.3) is 0 Å². The Bertz CT molecular complexity index is 309. The molecule has 0 fully saturated rings. The lowest BCUT2D eigenvalue weighted by atomic mass is 10.2. The second kappa shape index (κ2) is 3.80. The van der Waals surface area contributed by atoms with Gasteiger partial charge in [-0.15, -0.1) is 0 Å². The maximum Gasteiger partial charge on any atom is 0.0992 e. The Morgan fingerprint density at radius 1 is 1.36 bits per heavy atom. The topological polar surface area (TPSA) is 20.2 Å². The maximum atomic E-state index is 9.27. The van der Waals surface area contributed by atoms with E-state index in [0.717, 1.165) is 5.56 Å². The molecule has 80 valence electrons. The Balaban J connectivity index is 3.16. The highest BCUT2D eigenvalue weighted by Crippen LogP contribution is 2.37. The van der Waals surface area contributed by atoms with Gasteiger partial charge in [0.15, 0.2) is 0 Å². The Kier molecular flexibility index (Phi) is 3.24. The summed E-state index contributed by atoms with van der Waals surface area (Å²) in [6, 6.07) is 2.06. The molecular weight excluding hydrogens is 208 g/mol. The minimum absolute atomic E-state index is 0.186. The number of aliphatic hydroxyl groups is 1. The predicted molar refractivity (Wildman–Crippen MR) is 67.1 cm³/mol. The zero-order valence-electron chi connectivity index (χ0n) is 9.72. The monoisotopic (exact) mass is 228 g/mol. The molecule has 0 aromatic carbocycles. The summed E-state index contributed by atoms with van der Waals surface area (Å²) in [7, 11) is -1.44. The van der Waals surface area contributed by atoms with Crippen LogP contribution in [0.1, 0.15) is 26.3 Å². The third kappa shape index (κ3) is 1.95. The number of rotatable bonds is 2. The molecule has 0 atom stereocenters. The molecule has 0 spiro atoms. The van der Waals surface area contributed by atoms with E-state index < -0.39 is 8.07 Å². The van der Waals surface area contributed by atoms with Gasteiger partial charge < -0.3 is 5.11 Å². The van der Waals surface area contributed by atoms with Gasteiger partial charge in [0.05, 0.1) is 14.7 Å². The van der Waals surface area contributed by atoms with E-state index in [1.54, 1.807) is 0 Å². The minimum atomic E-state index is -1.44. The molecule has 0 unspecified atom stereocenters. The van der Waals surface area contributed by atoms with Gasteiger partial charge >= 0.3 is 0 Å². The van der Waals surface area contributed by atoms with Crippen molar-refractivity contribution in [3.63, 3.8) is 0 Å². The van der Waals surface area contributed by atoms with Gasteiger partial charge in [0.1, 0.15) is 0 Å². The van der Waals surface area contributed by atoms with Crippen LogP contribution in [-0.2, 0) is 6.61 Å². The lowest BCUT2D eigenvalue weighted by Gasteiger charge is -2.36. The largest absolute Gasteiger partial charge is 0.392 e. The van der Waals surface area contributed by atoms with Gasteiger partial charge in [-0.2, -0.15) is 11.3 Å². The third-order valence-corrected chi connectivity index (χ3v) is 11.2. The summed E-state index contributed by atoms with van der Waals surface area (Å²) < 4.78 is 1.45. The molecule has 1 aromatic heterocycles. The lowest BCUT2D eigenvalue weighted by molar-refractivity contribution is 0.283. The zero-order chi connectivity index (χ0) is 11.0. The molecule has 0 saturated carbocycles. The van der Waals surface area contributed by atoms with Crippen molar-refractivity contribution >= 4 is 23.9 Å². The molecular formula is C11H20OSSi. The third-order valence-electron chi connectivity index (χ3n) is 3.36. The van der Waals surface area contributed by atoms with Crippen molar-refractivity contribution in [3.05, 3.63) is 17.0 Å². The van der Waals surface area contributed by atoms with E-state index in [-0.39, 0.29) is 6.61 Å². The Morgan fingerprint density at radius 3 is 2.36 bits per heavy atom. The van der Waals surface area contributed by atoms with Crippen LogP contribution < -0.4 is 4.50 Å². The quantitative estimate of drug-likeness (QED) is 0.772. The molecule has 0 aliphatic carbocycles. The van der Waals surface area contributed by atoms with Crippen molar-refractivity contribution < 1.29 is 5.11 Å². The molecule has 0 aliphatic heterocycles. The van der Waals surface area contributed by atoms with Gasteiger partial charge in [0, 0.05) is 0 Å². The summed E-state index contributed by atoms with van der Waals surface area (Å²) in [6.07, 6.45) is 0. The Labute approximate surface area is 91.8 Å². The van der Waals surface area contributed by atoms with Crippen LogP contribution in [0.4, 0.5) is 0 Å². The Hall–Kier alpha value is -0.123. The van der Waals surface area contributed by atoms with Crippen molar-refractivity contribution in [2.24, 2.45) is 0 Å². The minimum Gasteiger partial charge on any atom is -0.392 e. The van der Waals surface area contributed by atoms with Crippen LogP contribution in [0.5, 0.6) is 0 Å². The molecule has 1 heterocycles. The van der Waals surface area contributed by atoms with E-state index in [1.807, 2.05) is 11.3 Å². The number of aliphatic hydroxyl groups excluding tert-OH is 1. The highest BCUT2D eigenvalue weighted by molar-refractivity contribution is 7.26. The van der Waals surface area contributed by atoms with Crippen LogP contribution in [0.25, 0.3) is 0 Å². The normalized spacial score (nSPS) is 13.3. The summed E-state index contributed by atoms with van der Waals surface area (Å²) in [4.78, 5) is 0. The molecule has 0 amide bonds. The molecule has 0 saturated heterocycles. The standard InChI is InChI=1S/C11H20OSSi/c1-11(2,3)14(4,5)10-9(8-12)6-7-13-10/h6-7,12H,8H2,1-5H3. The van der Waals surface area contributed by atoms with Crippen molar-refractivity contribution in [1.29, 1.82) is 0 Å². The first-order valence-corrected chi connectivity index (χ1v) is 8.86. The van der Waals surface area contributed by atoms with E-state index in [9.17, 15) is 5.11 Å². The lowest BCUT2D eigenvalue weighted by Crippen LogP contribution is -2.49. The maximum absolute atomic E-state index is 9.27. The molecule has 14 heavy (non-hydrogen) atoms.